The molecule has 27 heavy (non-hydrogen) atoms. The molecule has 0 saturated heterocycles. The first-order valence-corrected chi connectivity index (χ1v) is 8.60. The van der Waals surface area contributed by atoms with Crippen LogP contribution in [0.4, 0.5) is 5.82 Å². The highest BCUT2D eigenvalue weighted by Crippen LogP contribution is 2.23. The molecule has 0 amide bonds. The Morgan fingerprint density at radius 3 is 2.67 bits per heavy atom. The maximum absolute atomic E-state index is 12.2. The van der Waals surface area contributed by atoms with Crippen LogP contribution >= 0.6 is 34.8 Å². The van der Waals surface area contributed by atoms with E-state index < -0.39 is 10.7 Å². The zero-order chi connectivity index (χ0) is 19.6. The van der Waals surface area contributed by atoms with E-state index >= 15 is 0 Å². The molecule has 7 nitrogen and oxygen atoms in total. The Balaban J connectivity index is 1.70. The van der Waals surface area contributed by atoms with Gasteiger partial charge in [0, 0.05) is 10.6 Å². The van der Waals surface area contributed by atoms with Crippen molar-refractivity contribution in [3.8, 4) is 0 Å². The summed E-state index contributed by atoms with van der Waals surface area (Å²) in [5, 5.41) is 15.2. The third kappa shape index (κ3) is 4.57. The van der Waals surface area contributed by atoms with Gasteiger partial charge in [-0.2, -0.15) is 4.68 Å². The Bertz CT molecular complexity index is 1060. The van der Waals surface area contributed by atoms with E-state index in [-0.39, 0.29) is 22.4 Å². The van der Waals surface area contributed by atoms with Crippen molar-refractivity contribution < 1.29 is 14.1 Å². The third-order valence-corrected chi connectivity index (χ3v) is 4.28. The molecule has 0 N–H and O–H groups in total. The average Bonchev–Trinajstić information content (AvgIpc) is 3.19. The summed E-state index contributed by atoms with van der Waals surface area (Å²) < 4.78 is 6.86. The van der Waals surface area contributed by atoms with E-state index in [1.165, 1.54) is 29.1 Å². The van der Waals surface area contributed by atoms with E-state index in [2.05, 4.69) is 5.10 Å². The van der Waals surface area contributed by atoms with E-state index in [1.807, 2.05) is 0 Å². The molecule has 1 aromatic carbocycles. The first kappa shape index (κ1) is 19.2. The van der Waals surface area contributed by atoms with Gasteiger partial charge < -0.3 is 14.5 Å². The molecule has 0 aliphatic heterocycles. The number of carbonyl (C=O) groups excluding carboxylic acids is 1. The van der Waals surface area contributed by atoms with E-state index in [9.17, 15) is 14.9 Å². The monoisotopic (exact) mass is 425 g/mol. The first-order valence-electron chi connectivity index (χ1n) is 7.47. The molecule has 0 bridgehead atoms. The molecule has 0 unspecified atom stereocenters. The molecule has 3 rings (SSSR count). The SMILES string of the molecule is O=C(/C=C/c1ccc(Cn2cc(Cl)c([N+](=O)[O-])n2)o1)c1ccc(Cl)cc1Cl. The molecule has 0 radical (unpaired) electrons. The summed E-state index contributed by atoms with van der Waals surface area (Å²) in [5.74, 6) is 0.190. The maximum Gasteiger partial charge on any atom is 0.408 e. The number of nitrogens with zero attached hydrogens (tertiary/aromatic N) is 3. The fourth-order valence-corrected chi connectivity index (χ4v) is 2.98. The Kier molecular flexibility index (Phi) is 5.65. The first-order chi connectivity index (χ1) is 12.8. The van der Waals surface area contributed by atoms with Gasteiger partial charge in [0.05, 0.1) is 16.3 Å². The number of hydrogen-bond donors (Lipinski definition) is 0. The minimum atomic E-state index is -0.664. The molecule has 0 spiro atoms. The van der Waals surface area contributed by atoms with Gasteiger partial charge in [0.1, 0.15) is 18.1 Å². The molecule has 2 aromatic heterocycles. The van der Waals surface area contributed by atoms with Gasteiger partial charge in [-0.15, -0.1) is 0 Å². The van der Waals surface area contributed by atoms with Crippen molar-refractivity contribution in [2.24, 2.45) is 0 Å². The van der Waals surface area contributed by atoms with Crippen molar-refractivity contribution in [1.82, 2.24) is 9.78 Å². The summed E-state index contributed by atoms with van der Waals surface area (Å²) in [6.45, 7) is 0.151. The fourth-order valence-electron chi connectivity index (χ4n) is 2.26. The fraction of sp³-hybridized carbons (Fsp3) is 0.0588. The largest absolute Gasteiger partial charge is 0.460 e. The number of ketones is 1. The van der Waals surface area contributed by atoms with E-state index in [4.69, 9.17) is 39.2 Å². The lowest BCUT2D eigenvalue weighted by Gasteiger charge is -1.99. The molecule has 0 atom stereocenters. The van der Waals surface area contributed by atoms with Crippen molar-refractivity contribution >= 4 is 52.5 Å². The quantitative estimate of drug-likeness (QED) is 0.231. The van der Waals surface area contributed by atoms with Crippen molar-refractivity contribution in [3.05, 3.63) is 84.9 Å². The zero-order valence-corrected chi connectivity index (χ0v) is 15.7. The van der Waals surface area contributed by atoms with E-state index in [0.717, 1.165) is 0 Å². The number of allylic oxidation sites excluding steroid dienone is 1. The van der Waals surface area contributed by atoms with Gasteiger partial charge >= 0.3 is 5.82 Å². The van der Waals surface area contributed by atoms with Gasteiger partial charge in [-0.25, -0.2) is 0 Å². The molecule has 0 aliphatic rings. The standard InChI is InChI=1S/C17H10Cl3N3O4/c18-10-1-5-13(14(19)7-10)16(24)6-4-11-2-3-12(27-11)8-22-9-15(20)17(21-22)23(25)26/h1-7,9H,8H2/b6-4+. The number of halogens is 3. The van der Waals surface area contributed by atoms with Crippen LogP contribution in [0.3, 0.4) is 0 Å². The molecular formula is C17H10Cl3N3O4. The predicted molar refractivity (Wildman–Crippen MR) is 102 cm³/mol. The van der Waals surface area contributed by atoms with Gasteiger partial charge in [0.2, 0.25) is 0 Å². The molecule has 2 heterocycles. The van der Waals surface area contributed by atoms with Crippen LogP contribution in [0.2, 0.25) is 15.1 Å². The van der Waals surface area contributed by atoms with Crippen molar-refractivity contribution in [3.63, 3.8) is 0 Å². The number of furan rings is 1. The molecule has 10 heteroatoms. The highest BCUT2D eigenvalue weighted by molar-refractivity contribution is 6.37. The van der Waals surface area contributed by atoms with Crippen molar-refractivity contribution in [2.45, 2.75) is 6.54 Å². The van der Waals surface area contributed by atoms with E-state index in [1.54, 1.807) is 24.3 Å². The number of hydrogen-bond acceptors (Lipinski definition) is 5. The highest BCUT2D eigenvalue weighted by atomic mass is 35.5. The van der Waals surface area contributed by atoms with Gasteiger partial charge in [-0.1, -0.05) is 34.8 Å². The molecule has 138 valence electrons. The van der Waals surface area contributed by atoms with Crippen LogP contribution in [0, 0.1) is 10.1 Å². The second kappa shape index (κ2) is 7.96. The lowest BCUT2D eigenvalue weighted by Crippen LogP contribution is -2.00. The van der Waals surface area contributed by atoms with Crippen molar-refractivity contribution in [1.29, 1.82) is 0 Å². The number of aromatic nitrogens is 2. The molecular weight excluding hydrogens is 417 g/mol. The third-order valence-electron chi connectivity index (χ3n) is 3.47. The molecule has 0 saturated carbocycles. The van der Waals surface area contributed by atoms with Crippen LogP contribution in [0.25, 0.3) is 6.08 Å². The van der Waals surface area contributed by atoms with Crippen LogP contribution in [-0.4, -0.2) is 20.5 Å². The minimum Gasteiger partial charge on any atom is -0.460 e. The minimum absolute atomic E-state index is 0.0582. The molecule has 0 fully saturated rings. The summed E-state index contributed by atoms with van der Waals surface area (Å²) in [4.78, 5) is 22.3. The Morgan fingerprint density at radius 1 is 1.22 bits per heavy atom. The normalized spacial score (nSPS) is 11.2. The van der Waals surface area contributed by atoms with Crippen LogP contribution in [0.1, 0.15) is 21.9 Å². The van der Waals surface area contributed by atoms with Crippen LogP contribution in [0.15, 0.2) is 47.0 Å². The number of carbonyl (C=O) groups is 1. The van der Waals surface area contributed by atoms with E-state index in [0.29, 0.717) is 22.1 Å². The summed E-state index contributed by atoms with van der Waals surface area (Å²) in [6.07, 6.45) is 4.16. The summed E-state index contributed by atoms with van der Waals surface area (Å²) in [5.41, 5.74) is 0.322. The Labute approximate surface area is 167 Å². The highest BCUT2D eigenvalue weighted by Gasteiger charge is 2.19. The van der Waals surface area contributed by atoms with Gasteiger partial charge in [-0.05, 0) is 47.4 Å². The smallest absolute Gasteiger partial charge is 0.408 e. The lowest BCUT2D eigenvalue weighted by molar-refractivity contribution is -0.389. The van der Waals surface area contributed by atoms with Crippen LogP contribution < -0.4 is 0 Å². The van der Waals surface area contributed by atoms with Crippen LogP contribution in [-0.2, 0) is 6.54 Å². The van der Waals surface area contributed by atoms with Gasteiger partial charge in [-0.3, -0.25) is 4.79 Å². The Hall–Kier alpha value is -2.61. The zero-order valence-electron chi connectivity index (χ0n) is 13.4. The maximum atomic E-state index is 12.2. The number of nitro groups is 1. The van der Waals surface area contributed by atoms with Gasteiger partial charge in [0.15, 0.2) is 10.8 Å². The summed E-state index contributed by atoms with van der Waals surface area (Å²) in [7, 11) is 0. The number of rotatable bonds is 6. The second-order valence-electron chi connectivity index (χ2n) is 5.38. The van der Waals surface area contributed by atoms with Crippen LogP contribution in [0.5, 0.6) is 0 Å². The molecule has 3 aromatic rings. The summed E-state index contributed by atoms with van der Waals surface area (Å²) >= 11 is 17.6. The second-order valence-corrected chi connectivity index (χ2v) is 6.63. The summed E-state index contributed by atoms with van der Waals surface area (Å²) in [6, 6.07) is 7.93. The lowest BCUT2D eigenvalue weighted by atomic mass is 10.1. The average molecular weight is 427 g/mol. The van der Waals surface area contributed by atoms with Gasteiger partial charge in [0.25, 0.3) is 0 Å². The Morgan fingerprint density at radius 2 is 2.00 bits per heavy atom. The predicted octanol–water partition coefficient (Wildman–Crippen LogP) is 5.29. The topological polar surface area (TPSA) is 91.2 Å². The van der Waals surface area contributed by atoms with Crippen molar-refractivity contribution in [2.75, 3.05) is 0 Å². The molecule has 0 aliphatic carbocycles. The number of benzene rings is 1.